The maximum Gasteiger partial charge on any atom is 0.516 e. The van der Waals surface area contributed by atoms with Crippen molar-refractivity contribution in [2.45, 2.75) is 13.1 Å². The standard InChI is InChI=1S/C12H9F3N2O4/c1-2-19-11(18)20-10-16-9(21-17-10)7-4-3-5-8(6-7)12(13,14)15/h3-6H,2H2,1H3. The number of benzene rings is 1. The fraction of sp³-hybridized carbons (Fsp3) is 0.250. The van der Waals surface area contributed by atoms with Crippen molar-refractivity contribution in [3.05, 3.63) is 29.8 Å². The predicted molar refractivity (Wildman–Crippen MR) is 62.4 cm³/mol. The first-order valence-corrected chi connectivity index (χ1v) is 5.76. The monoisotopic (exact) mass is 302 g/mol. The molecule has 0 fully saturated rings. The molecule has 0 saturated heterocycles. The number of carbonyl (C=O) groups is 1. The van der Waals surface area contributed by atoms with E-state index in [0.29, 0.717) is 0 Å². The van der Waals surface area contributed by atoms with Crippen LogP contribution in [0.5, 0.6) is 6.01 Å². The molecule has 9 heteroatoms. The normalized spacial score (nSPS) is 11.2. The molecule has 0 amide bonds. The number of rotatable bonds is 3. The highest BCUT2D eigenvalue weighted by Crippen LogP contribution is 2.31. The maximum atomic E-state index is 12.6. The van der Waals surface area contributed by atoms with E-state index in [-0.39, 0.29) is 18.1 Å². The zero-order valence-electron chi connectivity index (χ0n) is 10.7. The minimum absolute atomic E-state index is 0.0519. The second-order valence-corrected chi connectivity index (χ2v) is 3.75. The minimum atomic E-state index is -4.49. The third-order valence-electron chi connectivity index (χ3n) is 2.28. The molecule has 0 N–H and O–H groups in total. The molecule has 0 aliphatic carbocycles. The van der Waals surface area contributed by atoms with Gasteiger partial charge in [0.2, 0.25) is 0 Å². The smallest absolute Gasteiger partial charge is 0.434 e. The first-order valence-electron chi connectivity index (χ1n) is 5.76. The van der Waals surface area contributed by atoms with Crippen LogP contribution in [0.3, 0.4) is 0 Å². The number of hydrogen-bond acceptors (Lipinski definition) is 6. The van der Waals surface area contributed by atoms with Gasteiger partial charge in [0, 0.05) is 5.56 Å². The van der Waals surface area contributed by atoms with Crippen molar-refractivity contribution in [1.29, 1.82) is 0 Å². The lowest BCUT2D eigenvalue weighted by atomic mass is 10.1. The van der Waals surface area contributed by atoms with E-state index in [9.17, 15) is 18.0 Å². The summed E-state index contributed by atoms with van der Waals surface area (Å²) in [6.45, 7) is 1.67. The Balaban J connectivity index is 2.20. The molecule has 0 radical (unpaired) electrons. The summed E-state index contributed by atoms with van der Waals surface area (Å²) in [7, 11) is 0. The van der Waals surface area contributed by atoms with Crippen LogP contribution in [0.25, 0.3) is 11.5 Å². The molecule has 1 aromatic heterocycles. The summed E-state index contributed by atoms with van der Waals surface area (Å²) in [5, 5.41) is 3.32. The zero-order valence-corrected chi connectivity index (χ0v) is 10.7. The quantitative estimate of drug-likeness (QED) is 0.810. The van der Waals surface area contributed by atoms with Gasteiger partial charge in [-0.25, -0.2) is 4.79 Å². The lowest BCUT2D eigenvalue weighted by Gasteiger charge is -2.06. The van der Waals surface area contributed by atoms with E-state index in [1.807, 2.05) is 0 Å². The third kappa shape index (κ3) is 3.71. The molecule has 1 aromatic carbocycles. The Morgan fingerprint density at radius 1 is 1.38 bits per heavy atom. The van der Waals surface area contributed by atoms with Crippen LogP contribution in [0.4, 0.5) is 18.0 Å². The van der Waals surface area contributed by atoms with Gasteiger partial charge in [0.15, 0.2) is 0 Å². The predicted octanol–water partition coefficient (Wildman–Crippen LogP) is 3.29. The Kier molecular flexibility index (Phi) is 4.10. The second-order valence-electron chi connectivity index (χ2n) is 3.75. The van der Waals surface area contributed by atoms with Gasteiger partial charge in [-0.05, 0) is 30.3 Å². The summed E-state index contributed by atoms with van der Waals surface area (Å²) >= 11 is 0. The summed E-state index contributed by atoms with van der Waals surface area (Å²) in [6.07, 6.45) is -5.52. The number of nitrogens with zero attached hydrogens (tertiary/aromatic N) is 2. The summed E-state index contributed by atoms with van der Waals surface area (Å²) < 4.78 is 51.6. The van der Waals surface area contributed by atoms with Crippen LogP contribution >= 0.6 is 0 Å². The summed E-state index contributed by atoms with van der Waals surface area (Å²) in [6, 6.07) is 3.88. The second kappa shape index (κ2) is 5.81. The van der Waals surface area contributed by atoms with Crippen LogP contribution in [0, 0.1) is 0 Å². The third-order valence-corrected chi connectivity index (χ3v) is 2.28. The van der Waals surface area contributed by atoms with Crippen molar-refractivity contribution in [2.75, 3.05) is 6.61 Å². The molecule has 2 rings (SSSR count). The van der Waals surface area contributed by atoms with Gasteiger partial charge in [0.05, 0.1) is 12.2 Å². The van der Waals surface area contributed by atoms with Gasteiger partial charge < -0.3 is 14.0 Å². The SMILES string of the molecule is CCOC(=O)Oc1noc(-c2cccc(C(F)(F)F)c2)n1. The Labute approximate surface area is 116 Å². The first kappa shape index (κ1) is 14.8. The van der Waals surface area contributed by atoms with E-state index in [1.54, 1.807) is 6.92 Å². The van der Waals surface area contributed by atoms with Gasteiger partial charge >= 0.3 is 18.3 Å². The zero-order chi connectivity index (χ0) is 15.5. The molecule has 21 heavy (non-hydrogen) atoms. The van der Waals surface area contributed by atoms with E-state index in [0.717, 1.165) is 12.1 Å². The molecule has 2 aromatic rings. The lowest BCUT2D eigenvalue weighted by Crippen LogP contribution is -2.10. The molecule has 0 bridgehead atoms. The van der Waals surface area contributed by atoms with Crippen LogP contribution in [0.1, 0.15) is 12.5 Å². The number of ether oxygens (including phenoxy) is 2. The first-order chi connectivity index (χ1) is 9.90. The van der Waals surface area contributed by atoms with E-state index in [4.69, 9.17) is 4.52 Å². The average molecular weight is 302 g/mol. The molecule has 0 unspecified atom stereocenters. The molecule has 1 heterocycles. The van der Waals surface area contributed by atoms with Crippen molar-refractivity contribution in [2.24, 2.45) is 0 Å². The van der Waals surface area contributed by atoms with E-state index in [2.05, 4.69) is 19.6 Å². The fourth-order valence-electron chi connectivity index (χ4n) is 1.42. The molecule has 6 nitrogen and oxygen atoms in total. The molecule has 0 aliphatic heterocycles. The van der Waals surface area contributed by atoms with E-state index >= 15 is 0 Å². The molecule has 0 saturated carbocycles. The van der Waals surface area contributed by atoms with Gasteiger partial charge in [-0.1, -0.05) is 6.07 Å². The Bertz CT molecular complexity index is 639. The van der Waals surface area contributed by atoms with Crippen molar-refractivity contribution in [3.63, 3.8) is 0 Å². The largest absolute Gasteiger partial charge is 0.516 e. The van der Waals surface area contributed by atoms with Crippen LogP contribution in [-0.4, -0.2) is 22.9 Å². The van der Waals surface area contributed by atoms with Crippen molar-refractivity contribution in [3.8, 4) is 17.5 Å². The summed E-state index contributed by atoms with van der Waals surface area (Å²) in [5.74, 6) is -0.208. The van der Waals surface area contributed by atoms with Gasteiger partial charge in [-0.3, -0.25) is 0 Å². The minimum Gasteiger partial charge on any atom is -0.434 e. The lowest BCUT2D eigenvalue weighted by molar-refractivity contribution is -0.137. The molecule has 0 spiro atoms. The summed E-state index contributed by atoms with van der Waals surface area (Å²) in [5.41, 5.74) is -0.804. The molecule has 0 atom stereocenters. The van der Waals surface area contributed by atoms with Crippen LogP contribution < -0.4 is 4.74 Å². The van der Waals surface area contributed by atoms with Crippen LogP contribution in [-0.2, 0) is 10.9 Å². The topological polar surface area (TPSA) is 74.5 Å². The average Bonchev–Trinajstić information content (AvgIpc) is 2.86. The highest BCUT2D eigenvalue weighted by atomic mass is 19.4. The van der Waals surface area contributed by atoms with Gasteiger partial charge in [-0.15, -0.1) is 0 Å². The highest BCUT2D eigenvalue weighted by molar-refractivity contribution is 5.63. The highest BCUT2D eigenvalue weighted by Gasteiger charge is 2.31. The van der Waals surface area contributed by atoms with Gasteiger partial charge in [0.1, 0.15) is 0 Å². The molecule has 0 aliphatic rings. The Hall–Kier alpha value is -2.58. The van der Waals surface area contributed by atoms with Gasteiger partial charge in [0.25, 0.3) is 5.89 Å². The number of halogens is 3. The Morgan fingerprint density at radius 2 is 2.14 bits per heavy atom. The number of carbonyl (C=O) groups excluding carboxylic acids is 1. The maximum absolute atomic E-state index is 12.6. The number of alkyl halides is 3. The molecular weight excluding hydrogens is 293 g/mol. The van der Waals surface area contributed by atoms with Crippen molar-refractivity contribution < 1.29 is 32.0 Å². The number of aromatic nitrogens is 2. The van der Waals surface area contributed by atoms with E-state index in [1.165, 1.54) is 12.1 Å². The van der Waals surface area contributed by atoms with Crippen LogP contribution in [0.2, 0.25) is 0 Å². The summed E-state index contributed by atoms with van der Waals surface area (Å²) in [4.78, 5) is 14.7. The fourth-order valence-corrected chi connectivity index (χ4v) is 1.42. The molecular formula is C12H9F3N2O4. The molecule has 112 valence electrons. The van der Waals surface area contributed by atoms with Crippen molar-refractivity contribution in [1.82, 2.24) is 10.1 Å². The van der Waals surface area contributed by atoms with Crippen LogP contribution in [0.15, 0.2) is 28.8 Å². The number of hydrogen-bond donors (Lipinski definition) is 0. The van der Waals surface area contributed by atoms with E-state index < -0.39 is 23.9 Å². The van der Waals surface area contributed by atoms with Gasteiger partial charge in [-0.2, -0.15) is 18.2 Å². The van der Waals surface area contributed by atoms with Crippen molar-refractivity contribution >= 4 is 6.16 Å². The Morgan fingerprint density at radius 3 is 2.81 bits per heavy atom.